The first kappa shape index (κ1) is 45.8. The van der Waals surface area contributed by atoms with E-state index in [1.807, 2.05) is 43.4 Å². The molecule has 0 spiro atoms. The fourth-order valence-electron chi connectivity index (χ4n) is 6.09. The summed E-state index contributed by atoms with van der Waals surface area (Å²) < 4.78 is 9.93. The van der Waals surface area contributed by atoms with Gasteiger partial charge in [0.15, 0.2) is 0 Å². The summed E-state index contributed by atoms with van der Waals surface area (Å²) in [5.74, 6) is 1.63. The van der Waals surface area contributed by atoms with Gasteiger partial charge in [-0.25, -0.2) is 9.59 Å². The number of esters is 2. The fourth-order valence-corrected chi connectivity index (χ4v) is 8.01. The average molecular weight is 739 g/mol. The number of carboxylic acid groups (broad SMARTS) is 2. The number of rotatable bonds is 34. The quantitative estimate of drug-likeness (QED) is 0.0521. The highest BCUT2D eigenvalue weighted by Crippen LogP contribution is 2.25. The minimum atomic E-state index is -1.19. The molecule has 0 heterocycles. The predicted octanol–water partition coefficient (Wildman–Crippen LogP) is 10.6. The maximum Gasteiger partial charge on any atom is 0.336 e. The third kappa shape index (κ3) is 23.3. The van der Waals surface area contributed by atoms with Gasteiger partial charge in [-0.1, -0.05) is 83.1 Å². The van der Waals surface area contributed by atoms with Crippen LogP contribution in [0.25, 0.3) is 0 Å². The fraction of sp³-hybridized carbons (Fsp3) is 0.750. The highest BCUT2D eigenvalue weighted by atomic mass is 32.2. The summed E-state index contributed by atoms with van der Waals surface area (Å²) in [5.41, 5.74) is 1.52. The van der Waals surface area contributed by atoms with Crippen LogP contribution in [0.3, 0.4) is 0 Å². The summed E-state index contributed by atoms with van der Waals surface area (Å²) in [6.07, 6.45) is 22.7. The Kier molecular flexibility index (Phi) is 28.9. The monoisotopic (exact) mass is 738 g/mol. The molecule has 0 aliphatic heterocycles. The van der Waals surface area contributed by atoms with Crippen LogP contribution in [-0.4, -0.2) is 70.3 Å². The predicted molar refractivity (Wildman–Crippen MR) is 208 cm³/mol. The van der Waals surface area contributed by atoms with Crippen molar-refractivity contribution in [3.63, 3.8) is 0 Å². The molecule has 50 heavy (non-hydrogen) atoms. The van der Waals surface area contributed by atoms with E-state index in [0.717, 1.165) is 73.5 Å². The molecule has 10 heteroatoms. The second kappa shape index (κ2) is 31.5. The van der Waals surface area contributed by atoms with Crippen LogP contribution < -0.4 is 0 Å². The molecule has 1 rings (SSSR count). The highest BCUT2D eigenvalue weighted by Gasteiger charge is 2.22. The van der Waals surface area contributed by atoms with E-state index in [9.17, 15) is 29.4 Å². The second-order valence-corrected chi connectivity index (χ2v) is 15.4. The van der Waals surface area contributed by atoms with Gasteiger partial charge in [-0.2, -0.15) is 23.5 Å². The number of carbonyl (C=O) groups is 4. The Bertz CT molecular complexity index is 1080. The molecule has 8 nitrogen and oxygen atoms in total. The van der Waals surface area contributed by atoms with E-state index in [2.05, 4.69) is 0 Å². The van der Waals surface area contributed by atoms with Gasteiger partial charge in [-0.05, 0) is 105 Å². The summed E-state index contributed by atoms with van der Waals surface area (Å²) in [7, 11) is 0. The number of hydrogen-bond donors (Lipinski definition) is 2. The van der Waals surface area contributed by atoms with Crippen molar-refractivity contribution in [1.29, 1.82) is 0 Å². The summed E-state index contributed by atoms with van der Waals surface area (Å²) in [6.45, 7) is 4.59. The van der Waals surface area contributed by atoms with Gasteiger partial charge in [-0.15, -0.1) is 0 Å². The van der Waals surface area contributed by atoms with Crippen molar-refractivity contribution in [2.24, 2.45) is 0 Å². The van der Waals surface area contributed by atoms with Gasteiger partial charge in [0.05, 0.1) is 24.3 Å². The van der Waals surface area contributed by atoms with Crippen molar-refractivity contribution >= 4 is 47.4 Å². The SMILES string of the molecule is CCOC(=O)CCCCCCCCCCSCCCc1ccc(C(=O)O)c(C(=O)O)c1CCCSCCCCCCCCCCC(=O)OCC. The maximum atomic E-state index is 12.2. The molecule has 0 radical (unpaired) electrons. The van der Waals surface area contributed by atoms with Crippen molar-refractivity contribution in [2.45, 2.75) is 155 Å². The zero-order valence-corrected chi connectivity index (χ0v) is 32.7. The van der Waals surface area contributed by atoms with Gasteiger partial charge in [0, 0.05) is 12.8 Å². The third-order valence-corrected chi connectivity index (χ3v) is 11.1. The lowest BCUT2D eigenvalue weighted by atomic mass is 9.91. The van der Waals surface area contributed by atoms with Gasteiger partial charge in [0.2, 0.25) is 0 Å². The minimum Gasteiger partial charge on any atom is -0.478 e. The number of carboxylic acids is 2. The Morgan fingerprint density at radius 3 is 1.34 bits per heavy atom. The molecule has 0 amide bonds. The van der Waals surface area contributed by atoms with Crippen LogP contribution in [0.5, 0.6) is 0 Å². The van der Waals surface area contributed by atoms with Crippen LogP contribution in [0, 0.1) is 0 Å². The van der Waals surface area contributed by atoms with Crippen LogP contribution in [0.1, 0.15) is 174 Å². The average Bonchev–Trinajstić information content (AvgIpc) is 3.08. The third-order valence-electron chi connectivity index (χ3n) is 8.75. The van der Waals surface area contributed by atoms with Crippen LogP contribution in [0.4, 0.5) is 0 Å². The smallest absolute Gasteiger partial charge is 0.336 e. The van der Waals surface area contributed by atoms with E-state index in [-0.39, 0.29) is 23.1 Å². The zero-order valence-electron chi connectivity index (χ0n) is 31.1. The number of carbonyl (C=O) groups excluding carboxylic acids is 2. The molecule has 0 saturated heterocycles. The van der Waals surface area contributed by atoms with Crippen LogP contribution in [0.15, 0.2) is 12.1 Å². The molecule has 0 bridgehead atoms. The minimum absolute atomic E-state index is 0.0347. The van der Waals surface area contributed by atoms with Gasteiger partial charge >= 0.3 is 23.9 Å². The molecule has 0 unspecified atom stereocenters. The zero-order chi connectivity index (χ0) is 36.7. The molecule has 0 aliphatic rings. The first-order valence-corrected chi connectivity index (χ1v) is 21.7. The van der Waals surface area contributed by atoms with E-state index in [1.54, 1.807) is 0 Å². The molecular weight excluding hydrogens is 673 g/mol. The lowest BCUT2D eigenvalue weighted by molar-refractivity contribution is -0.144. The van der Waals surface area contributed by atoms with E-state index in [1.165, 1.54) is 83.1 Å². The topological polar surface area (TPSA) is 127 Å². The van der Waals surface area contributed by atoms with Crippen molar-refractivity contribution < 1.29 is 38.9 Å². The number of aromatic carboxylic acids is 2. The number of thioether (sulfide) groups is 2. The lowest BCUT2D eigenvalue weighted by Gasteiger charge is -2.15. The Labute approximate surface area is 311 Å². The molecule has 1 aromatic rings. The van der Waals surface area contributed by atoms with E-state index >= 15 is 0 Å². The van der Waals surface area contributed by atoms with Gasteiger partial charge < -0.3 is 19.7 Å². The highest BCUT2D eigenvalue weighted by molar-refractivity contribution is 7.99. The molecular formula is C40H66O8S2. The number of aryl methyl sites for hydroxylation is 1. The van der Waals surface area contributed by atoms with Gasteiger partial charge in [-0.3, -0.25) is 9.59 Å². The summed E-state index contributed by atoms with van der Waals surface area (Å²) in [6, 6.07) is 3.30. The number of benzene rings is 1. The molecule has 0 saturated carbocycles. The summed E-state index contributed by atoms with van der Waals surface area (Å²) in [5, 5.41) is 19.7. The van der Waals surface area contributed by atoms with Crippen molar-refractivity contribution in [3.05, 3.63) is 34.4 Å². The van der Waals surface area contributed by atoms with E-state index in [0.29, 0.717) is 38.0 Å². The first-order chi connectivity index (χ1) is 24.3. The Morgan fingerprint density at radius 2 is 0.920 bits per heavy atom. The number of hydrogen-bond acceptors (Lipinski definition) is 8. The van der Waals surface area contributed by atoms with Crippen LogP contribution in [0.2, 0.25) is 0 Å². The van der Waals surface area contributed by atoms with E-state index < -0.39 is 11.9 Å². The molecule has 286 valence electrons. The molecule has 1 aromatic carbocycles. The van der Waals surface area contributed by atoms with Crippen molar-refractivity contribution in [2.75, 3.05) is 36.2 Å². The van der Waals surface area contributed by atoms with Crippen molar-refractivity contribution in [1.82, 2.24) is 0 Å². The Balaban J connectivity index is 2.27. The van der Waals surface area contributed by atoms with E-state index in [4.69, 9.17) is 9.47 Å². The number of unbranched alkanes of at least 4 members (excludes halogenated alkanes) is 14. The van der Waals surface area contributed by atoms with Gasteiger partial charge in [0.25, 0.3) is 0 Å². The summed E-state index contributed by atoms with van der Waals surface area (Å²) >= 11 is 3.84. The first-order valence-electron chi connectivity index (χ1n) is 19.4. The lowest BCUT2D eigenvalue weighted by Crippen LogP contribution is -2.14. The summed E-state index contributed by atoms with van der Waals surface area (Å²) in [4.78, 5) is 46.8. The Morgan fingerprint density at radius 1 is 0.520 bits per heavy atom. The normalized spacial score (nSPS) is 11.1. The molecule has 0 atom stereocenters. The second-order valence-electron chi connectivity index (χ2n) is 12.9. The largest absolute Gasteiger partial charge is 0.478 e. The Hall–Kier alpha value is -2.20. The van der Waals surface area contributed by atoms with Crippen molar-refractivity contribution in [3.8, 4) is 0 Å². The standard InChI is InChI=1S/C40H66O8S2/c1-3-47-36(41)25-17-13-9-5-7-11-15-19-29-49-31-21-23-33-27-28-35(39(43)44)38(40(45)46)34(33)24-22-32-50-30-20-16-12-8-6-10-14-18-26-37(42)48-4-2/h27-28H,3-26,29-32H2,1-2H3,(H,43,44)(H,45,46). The van der Waals surface area contributed by atoms with Crippen LogP contribution in [-0.2, 0) is 31.9 Å². The molecule has 0 fully saturated rings. The van der Waals surface area contributed by atoms with Gasteiger partial charge in [0.1, 0.15) is 0 Å². The molecule has 0 aromatic heterocycles. The molecule has 2 N–H and O–H groups in total. The molecule has 0 aliphatic carbocycles. The number of ether oxygens (including phenoxy) is 2. The van der Waals surface area contributed by atoms with Crippen LogP contribution >= 0.6 is 23.5 Å². The maximum absolute atomic E-state index is 12.2.